The quantitative estimate of drug-likeness (QED) is 0.807. The molecule has 0 fully saturated rings. The summed E-state index contributed by atoms with van der Waals surface area (Å²) in [4.78, 5) is 15.1. The third kappa shape index (κ3) is 2.95. The Balaban J connectivity index is 1.99. The van der Waals surface area contributed by atoms with Gasteiger partial charge >= 0.3 is 0 Å². The first kappa shape index (κ1) is 13.8. The van der Waals surface area contributed by atoms with Crippen molar-refractivity contribution in [2.45, 2.75) is 0 Å². The lowest BCUT2D eigenvalue weighted by molar-refractivity contribution is 0.464. The maximum absolute atomic E-state index is 13.8. The fourth-order valence-corrected chi connectivity index (χ4v) is 1.93. The average molecular weight is 298 g/mol. The molecular weight excluding hydrogens is 287 g/mol. The molecule has 0 spiro atoms. The van der Waals surface area contributed by atoms with E-state index in [1.54, 1.807) is 24.4 Å². The van der Waals surface area contributed by atoms with E-state index in [4.69, 9.17) is 4.74 Å². The normalized spacial score (nSPS) is 10.4. The van der Waals surface area contributed by atoms with Crippen molar-refractivity contribution >= 4 is 0 Å². The van der Waals surface area contributed by atoms with Crippen molar-refractivity contribution in [3.63, 3.8) is 0 Å². The molecule has 0 saturated heterocycles. The number of ether oxygens (including phenoxy) is 1. The highest BCUT2D eigenvalue weighted by atomic mass is 19.1. The number of hydrogen-bond acceptors (Lipinski definition) is 4. The van der Waals surface area contributed by atoms with Gasteiger partial charge in [-0.1, -0.05) is 0 Å². The molecule has 2 aromatic heterocycles. The summed E-state index contributed by atoms with van der Waals surface area (Å²) < 4.78 is 20.7. The molecule has 0 atom stereocenters. The summed E-state index contributed by atoms with van der Waals surface area (Å²) in [5, 5.41) is 9.47. The predicted octanol–water partition coefficient (Wildman–Crippen LogP) is 2.87. The summed E-state index contributed by atoms with van der Waals surface area (Å²) in [6.07, 6.45) is 5.76. The Labute approximate surface area is 124 Å². The molecule has 110 valence electrons. The maximum Gasteiger partial charge on any atom is 0.223 e. The van der Waals surface area contributed by atoms with E-state index in [9.17, 15) is 14.3 Å². The second-order valence-electron chi connectivity index (χ2n) is 4.54. The first-order valence-electron chi connectivity index (χ1n) is 6.42. The molecular formula is C16H11FN2O3. The van der Waals surface area contributed by atoms with Crippen LogP contribution in [0.15, 0.2) is 66.0 Å². The topological polar surface area (TPSA) is 64.4 Å². The Morgan fingerprint density at radius 3 is 2.77 bits per heavy atom. The molecule has 3 rings (SSSR count). The Kier molecular flexibility index (Phi) is 3.57. The predicted molar refractivity (Wildman–Crippen MR) is 78.0 cm³/mol. The van der Waals surface area contributed by atoms with Crippen LogP contribution in [0.25, 0.3) is 5.69 Å². The van der Waals surface area contributed by atoms with Crippen LogP contribution in [0.4, 0.5) is 4.39 Å². The second kappa shape index (κ2) is 5.69. The maximum atomic E-state index is 13.8. The first-order valence-corrected chi connectivity index (χ1v) is 6.42. The summed E-state index contributed by atoms with van der Waals surface area (Å²) >= 11 is 0. The van der Waals surface area contributed by atoms with Gasteiger partial charge in [-0.25, -0.2) is 4.39 Å². The Hall–Kier alpha value is -3.15. The molecule has 0 aliphatic carbocycles. The number of aromatic nitrogens is 2. The molecule has 0 aliphatic rings. The lowest BCUT2D eigenvalue weighted by Crippen LogP contribution is -2.03. The number of aromatic hydroxyl groups is 1. The monoisotopic (exact) mass is 298 g/mol. The minimum Gasteiger partial charge on any atom is -0.503 e. The van der Waals surface area contributed by atoms with E-state index in [1.165, 1.54) is 41.4 Å². The number of pyridine rings is 2. The van der Waals surface area contributed by atoms with Crippen LogP contribution < -0.4 is 10.2 Å². The summed E-state index contributed by atoms with van der Waals surface area (Å²) in [5.41, 5.74) is -0.0892. The van der Waals surface area contributed by atoms with Gasteiger partial charge in [0.1, 0.15) is 17.3 Å². The number of halogens is 1. The van der Waals surface area contributed by atoms with Crippen molar-refractivity contribution < 1.29 is 14.2 Å². The third-order valence-electron chi connectivity index (χ3n) is 2.92. The molecule has 2 heterocycles. The van der Waals surface area contributed by atoms with Gasteiger partial charge in [-0.2, -0.15) is 0 Å². The zero-order valence-electron chi connectivity index (χ0n) is 11.3. The van der Waals surface area contributed by atoms with Crippen LogP contribution in [0, 0.1) is 5.82 Å². The molecule has 5 nitrogen and oxygen atoms in total. The van der Waals surface area contributed by atoms with Gasteiger partial charge in [0, 0.05) is 30.6 Å². The molecule has 1 N–H and O–H groups in total. The Morgan fingerprint density at radius 1 is 1.18 bits per heavy atom. The minimum atomic E-state index is -0.505. The van der Waals surface area contributed by atoms with Gasteiger partial charge in [-0.15, -0.1) is 0 Å². The smallest absolute Gasteiger partial charge is 0.223 e. The Morgan fingerprint density at radius 2 is 2.05 bits per heavy atom. The van der Waals surface area contributed by atoms with E-state index in [2.05, 4.69) is 4.98 Å². The fraction of sp³-hybridized carbons (Fsp3) is 0. The van der Waals surface area contributed by atoms with Gasteiger partial charge in [0.15, 0.2) is 5.75 Å². The van der Waals surface area contributed by atoms with E-state index in [0.717, 1.165) is 0 Å². The fourth-order valence-electron chi connectivity index (χ4n) is 1.93. The molecule has 0 radical (unpaired) electrons. The van der Waals surface area contributed by atoms with Crippen LogP contribution in [-0.4, -0.2) is 14.7 Å². The highest BCUT2D eigenvalue weighted by Gasteiger charge is 2.06. The van der Waals surface area contributed by atoms with Gasteiger partial charge in [-0.05, 0) is 18.2 Å². The van der Waals surface area contributed by atoms with Crippen LogP contribution in [0.5, 0.6) is 17.2 Å². The van der Waals surface area contributed by atoms with Crippen LogP contribution in [0.2, 0.25) is 0 Å². The molecule has 0 saturated carbocycles. The highest BCUT2D eigenvalue weighted by molar-refractivity contribution is 5.42. The lowest BCUT2D eigenvalue weighted by Gasteiger charge is -2.10. The van der Waals surface area contributed by atoms with Crippen LogP contribution in [0.3, 0.4) is 0 Å². The summed E-state index contributed by atoms with van der Waals surface area (Å²) in [6, 6.07) is 8.68. The van der Waals surface area contributed by atoms with E-state index in [1.807, 2.05) is 0 Å². The lowest BCUT2D eigenvalue weighted by atomic mass is 10.2. The third-order valence-corrected chi connectivity index (χ3v) is 2.92. The van der Waals surface area contributed by atoms with E-state index < -0.39 is 17.0 Å². The van der Waals surface area contributed by atoms with Crippen molar-refractivity contribution in [3.8, 4) is 22.9 Å². The largest absolute Gasteiger partial charge is 0.503 e. The van der Waals surface area contributed by atoms with Gasteiger partial charge in [0.2, 0.25) is 5.43 Å². The van der Waals surface area contributed by atoms with Crippen molar-refractivity contribution in [1.82, 2.24) is 9.55 Å². The summed E-state index contributed by atoms with van der Waals surface area (Å²) in [5.74, 6) is -0.168. The first-order chi connectivity index (χ1) is 10.6. The Bertz CT molecular complexity index is 863. The second-order valence-corrected chi connectivity index (χ2v) is 4.54. The van der Waals surface area contributed by atoms with E-state index in [0.29, 0.717) is 11.4 Å². The molecule has 1 aromatic carbocycles. The van der Waals surface area contributed by atoms with Crippen molar-refractivity contribution in [1.29, 1.82) is 0 Å². The molecule has 22 heavy (non-hydrogen) atoms. The van der Waals surface area contributed by atoms with Gasteiger partial charge in [0.05, 0.1) is 18.1 Å². The number of hydrogen-bond donors (Lipinski definition) is 1. The molecule has 3 aromatic rings. The highest BCUT2D eigenvalue weighted by Crippen LogP contribution is 2.24. The molecule has 6 heteroatoms. The summed E-state index contributed by atoms with van der Waals surface area (Å²) in [7, 11) is 0. The van der Waals surface area contributed by atoms with Crippen molar-refractivity contribution in [2.24, 2.45) is 0 Å². The molecule has 0 bridgehead atoms. The summed E-state index contributed by atoms with van der Waals surface area (Å²) in [6.45, 7) is 0. The minimum absolute atomic E-state index is 0.279. The van der Waals surface area contributed by atoms with Crippen LogP contribution in [-0.2, 0) is 0 Å². The van der Waals surface area contributed by atoms with Crippen LogP contribution >= 0.6 is 0 Å². The zero-order valence-corrected chi connectivity index (χ0v) is 11.3. The SMILES string of the molecule is O=c1ccn(-c2cc(F)cc(Oc3cccnc3)c2)cc1O. The molecule has 0 amide bonds. The molecule has 0 aliphatic heterocycles. The number of benzene rings is 1. The van der Waals surface area contributed by atoms with E-state index in [-0.39, 0.29) is 5.75 Å². The van der Waals surface area contributed by atoms with Crippen molar-refractivity contribution in [3.05, 3.63) is 77.2 Å². The average Bonchev–Trinajstić information content (AvgIpc) is 2.50. The van der Waals surface area contributed by atoms with Gasteiger partial charge in [-0.3, -0.25) is 9.78 Å². The van der Waals surface area contributed by atoms with E-state index >= 15 is 0 Å². The van der Waals surface area contributed by atoms with Crippen LogP contribution in [0.1, 0.15) is 0 Å². The standard InChI is InChI=1S/C16H11FN2O3/c17-11-6-12(19-5-3-15(20)16(21)10-19)8-14(7-11)22-13-2-1-4-18-9-13/h1-10,21H. The zero-order chi connectivity index (χ0) is 15.5. The molecule has 0 unspecified atom stereocenters. The van der Waals surface area contributed by atoms with Crippen molar-refractivity contribution in [2.75, 3.05) is 0 Å². The van der Waals surface area contributed by atoms with Gasteiger partial charge < -0.3 is 14.4 Å². The number of rotatable bonds is 3. The van der Waals surface area contributed by atoms with Gasteiger partial charge in [0.25, 0.3) is 0 Å². The number of nitrogens with zero attached hydrogens (tertiary/aromatic N) is 2.